The maximum atomic E-state index is 12.2. The number of hydrogen-bond acceptors (Lipinski definition) is 4. The number of esters is 2. The number of methoxy groups -OCH3 is 2. The molecule has 21 heavy (non-hydrogen) atoms. The Balaban J connectivity index is 2.13. The van der Waals surface area contributed by atoms with E-state index in [1.54, 1.807) is 0 Å². The summed E-state index contributed by atoms with van der Waals surface area (Å²) in [5, 5.41) is 0. The molecular formula is C17H20O4. The molecule has 0 aromatic rings. The largest absolute Gasteiger partial charge is 0.466 e. The van der Waals surface area contributed by atoms with Crippen LogP contribution < -0.4 is 0 Å². The van der Waals surface area contributed by atoms with E-state index in [2.05, 4.69) is 12.2 Å². The number of carbonyl (C=O) groups excluding carboxylic acids is 2. The Morgan fingerprint density at radius 3 is 1.62 bits per heavy atom. The summed E-state index contributed by atoms with van der Waals surface area (Å²) >= 11 is 0. The lowest BCUT2D eigenvalue weighted by Gasteiger charge is -2.34. The van der Waals surface area contributed by atoms with Crippen LogP contribution in [0.5, 0.6) is 0 Å². The molecule has 0 saturated heterocycles. The second kappa shape index (κ2) is 4.86. The van der Waals surface area contributed by atoms with E-state index in [1.807, 2.05) is 13.8 Å². The Labute approximate surface area is 124 Å². The molecule has 0 amide bonds. The smallest absolute Gasteiger partial charge is 0.334 e. The Morgan fingerprint density at radius 2 is 1.29 bits per heavy atom. The molecule has 0 fully saturated rings. The van der Waals surface area contributed by atoms with Crippen molar-refractivity contribution >= 4 is 11.9 Å². The average molecular weight is 288 g/mol. The van der Waals surface area contributed by atoms with E-state index in [4.69, 9.17) is 9.47 Å². The van der Waals surface area contributed by atoms with E-state index in [9.17, 15) is 9.59 Å². The zero-order chi connectivity index (χ0) is 15.3. The molecule has 0 radical (unpaired) electrons. The quantitative estimate of drug-likeness (QED) is 0.578. The van der Waals surface area contributed by atoms with Crippen LogP contribution in [0.15, 0.2) is 34.4 Å². The standard InChI is InChI=1S/C17H20O4/c1-8-12-10-5-6-11(7-10)13(12)9(2)15(17(19)21-4)14(8)16(18)20-3/h5-6,8-11H,7H2,1-4H3/t8-,9-,10+,11+/m1/s1. The van der Waals surface area contributed by atoms with E-state index in [-0.39, 0.29) is 11.8 Å². The van der Waals surface area contributed by atoms with Crippen LogP contribution in [0.2, 0.25) is 0 Å². The zero-order valence-electron chi connectivity index (χ0n) is 12.8. The normalized spacial score (nSPS) is 33.3. The molecule has 4 atom stereocenters. The van der Waals surface area contributed by atoms with Gasteiger partial charge in [-0.3, -0.25) is 0 Å². The van der Waals surface area contributed by atoms with Gasteiger partial charge in [0, 0.05) is 11.8 Å². The van der Waals surface area contributed by atoms with Crippen molar-refractivity contribution in [3.8, 4) is 0 Å². The predicted octanol–water partition coefficient (Wildman–Crippen LogP) is 2.42. The topological polar surface area (TPSA) is 52.6 Å². The summed E-state index contributed by atoms with van der Waals surface area (Å²) in [7, 11) is 2.71. The van der Waals surface area contributed by atoms with Gasteiger partial charge >= 0.3 is 11.9 Å². The third kappa shape index (κ3) is 1.81. The van der Waals surface area contributed by atoms with Gasteiger partial charge in [-0.15, -0.1) is 0 Å². The highest BCUT2D eigenvalue weighted by atomic mass is 16.5. The Kier molecular flexibility index (Phi) is 3.27. The molecule has 0 saturated carbocycles. The molecule has 0 aromatic heterocycles. The minimum Gasteiger partial charge on any atom is -0.466 e. The second-order valence-electron chi connectivity index (χ2n) is 6.00. The summed E-state index contributed by atoms with van der Waals surface area (Å²) in [6, 6.07) is 0. The highest BCUT2D eigenvalue weighted by molar-refractivity contribution is 6.02. The van der Waals surface area contributed by atoms with Crippen LogP contribution in [-0.4, -0.2) is 26.2 Å². The molecule has 3 rings (SSSR count). The molecule has 3 aliphatic rings. The van der Waals surface area contributed by atoms with Crippen molar-refractivity contribution in [2.24, 2.45) is 23.7 Å². The molecule has 4 heteroatoms. The van der Waals surface area contributed by atoms with Gasteiger partial charge in [0.2, 0.25) is 0 Å². The molecule has 0 aromatic carbocycles. The molecular weight excluding hydrogens is 268 g/mol. The maximum Gasteiger partial charge on any atom is 0.334 e. The van der Waals surface area contributed by atoms with Crippen LogP contribution in [0.25, 0.3) is 0 Å². The van der Waals surface area contributed by atoms with Crippen LogP contribution in [0.3, 0.4) is 0 Å². The van der Waals surface area contributed by atoms with Gasteiger partial charge < -0.3 is 9.47 Å². The van der Waals surface area contributed by atoms with Crippen LogP contribution in [0, 0.1) is 23.7 Å². The number of hydrogen-bond donors (Lipinski definition) is 0. The fraction of sp³-hybridized carbons (Fsp3) is 0.529. The van der Waals surface area contributed by atoms with Crippen molar-refractivity contribution in [2.45, 2.75) is 20.3 Å². The average Bonchev–Trinajstić information content (AvgIpc) is 3.10. The fourth-order valence-electron chi connectivity index (χ4n) is 4.30. The maximum absolute atomic E-state index is 12.2. The van der Waals surface area contributed by atoms with E-state index in [1.165, 1.54) is 25.4 Å². The van der Waals surface area contributed by atoms with E-state index in [0.29, 0.717) is 23.0 Å². The number of carbonyl (C=O) groups is 2. The number of allylic oxidation sites excluding steroid dienone is 4. The molecule has 0 spiro atoms. The zero-order valence-corrected chi connectivity index (χ0v) is 12.8. The minimum atomic E-state index is -0.423. The lowest BCUT2D eigenvalue weighted by atomic mass is 9.70. The second-order valence-corrected chi connectivity index (χ2v) is 6.00. The van der Waals surface area contributed by atoms with Crippen molar-refractivity contribution < 1.29 is 19.1 Å². The number of ether oxygens (including phenoxy) is 2. The van der Waals surface area contributed by atoms with Crippen LogP contribution in [0.4, 0.5) is 0 Å². The van der Waals surface area contributed by atoms with Crippen molar-refractivity contribution in [3.63, 3.8) is 0 Å². The van der Waals surface area contributed by atoms with Gasteiger partial charge in [-0.1, -0.05) is 37.1 Å². The molecule has 2 bridgehead atoms. The van der Waals surface area contributed by atoms with Crippen LogP contribution >= 0.6 is 0 Å². The highest BCUT2D eigenvalue weighted by Crippen LogP contribution is 2.55. The van der Waals surface area contributed by atoms with Crippen molar-refractivity contribution in [1.82, 2.24) is 0 Å². The molecule has 112 valence electrons. The van der Waals surface area contributed by atoms with E-state index >= 15 is 0 Å². The van der Waals surface area contributed by atoms with Crippen molar-refractivity contribution in [3.05, 3.63) is 34.4 Å². The molecule has 0 unspecified atom stereocenters. The third-order valence-corrected chi connectivity index (χ3v) is 5.12. The minimum absolute atomic E-state index is 0.0855. The molecule has 0 N–H and O–H groups in total. The number of rotatable bonds is 2. The lowest BCUT2D eigenvalue weighted by molar-refractivity contribution is -0.140. The van der Waals surface area contributed by atoms with E-state index in [0.717, 1.165) is 6.42 Å². The van der Waals surface area contributed by atoms with Gasteiger partial charge in [-0.2, -0.15) is 0 Å². The van der Waals surface area contributed by atoms with Gasteiger partial charge in [0.15, 0.2) is 0 Å². The summed E-state index contributed by atoms with van der Waals surface area (Å²) in [6.07, 6.45) is 5.53. The van der Waals surface area contributed by atoms with Gasteiger partial charge in [0.05, 0.1) is 25.4 Å². The molecule has 3 aliphatic carbocycles. The van der Waals surface area contributed by atoms with Gasteiger partial charge in [-0.05, 0) is 18.3 Å². The SMILES string of the molecule is COC(=O)C1=C(C(=O)OC)[C@H](C)C2=C([C@H]1C)[C@H]1C=C[C@H]2C1. The number of fused-ring (bicyclic) bond motifs is 4. The summed E-state index contributed by atoms with van der Waals surface area (Å²) in [6.45, 7) is 3.98. The van der Waals surface area contributed by atoms with Crippen LogP contribution in [-0.2, 0) is 19.1 Å². The summed E-state index contributed by atoms with van der Waals surface area (Å²) in [4.78, 5) is 24.4. The Bertz CT molecular complexity index is 558. The molecule has 4 nitrogen and oxygen atoms in total. The van der Waals surface area contributed by atoms with Gasteiger partial charge in [0.1, 0.15) is 0 Å². The van der Waals surface area contributed by atoms with Crippen LogP contribution in [0.1, 0.15) is 20.3 Å². The Hall–Kier alpha value is -1.84. The van der Waals surface area contributed by atoms with Gasteiger partial charge in [0.25, 0.3) is 0 Å². The van der Waals surface area contributed by atoms with E-state index < -0.39 is 11.9 Å². The summed E-state index contributed by atoms with van der Waals surface area (Å²) in [5.41, 5.74) is 3.55. The first kappa shape index (κ1) is 14.1. The third-order valence-electron chi connectivity index (χ3n) is 5.12. The Morgan fingerprint density at radius 1 is 0.905 bits per heavy atom. The summed E-state index contributed by atoms with van der Waals surface area (Å²) in [5.74, 6) is -0.209. The summed E-state index contributed by atoms with van der Waals surface area (Å²) < 4.78 is 9.83. The molecule has 0 heterocycles. The highest BCUT2D eigenvalue weighted by Gasteiger charge is 2.47. The fourth-order valence-corrected chi connectivity index (χ4v) is 4.30. The predicted molar refractivity (Wildman–Crippen MR) is 77.1 cm³/mol. The van der Waals surface area contributed by atoms with Crippen molar-refractivity contribution in [2.75, 3.05) is 14.2 Å². The molecule has 0 aliphatic heterocycles. The lowest BCUT2D eigenvalue weighted by Crippen LogP contribution is -2.31. The first-order valence-electron chi connectivity index (χ1n) is 7.34. The first-order chi connectivity index (χ1) is 10.0. The monoisotopic (exact) mass is 288 g/mol. The van der Waals surface area contributed by atoms with Crippen molar-refractivity contribution in [1.29, 1.82) is 0 Å². The first-order valence-corrected chi connectivity index (χ1v) is 7.34. The van der Waals surface area contributed by atoms with Gasteiger partial charge in [-0.25, -0.2) is 9.59 Å².